The van der Waals surface area contributed by atoms with Gasteiger partial charge in [-0.2, -0.15) is 14.9 Å². The van der Waals surface area contributed by atoms with E-state index in [1.54, 1.807) is 10.7 Å². The van der Waals surface area contributed by atoms with E-state index in [0.29, 0.717) is 23.6 Å². The maximum absolute atomic E-state index is 9.95. The van der Waals surface area contributed by atoms with Gasteiger partial charge in [-0.05, 0) is 55.4 Å². The normalized spacial score (nSPS) is 21.0. The number of carboxylic acid groups (broad SMARTS) is 1. The lowest BCUT2D eigenvalue weighted by Gasteiger charge is -2.32. The van der Waals surface area contributed by atoms with E-state index in [1.807, 2.05) is 6.21 Å². The summed E-state index contributed by atoms with van der Waals surface area (Å²) < 4.78 is 1.60. The maximum Gasteiger partial charge on any atom is 0.300 e. The molecule has 42 heavy (non-hydrogen) atoms. The molecule has 2 unspecified atom stereocenters. The molecular formula is C34H46N6O2. The number of nitrogens with two attached hydrogens (primary N) is 1. The van der Waals surface area contributed by atoms with Crippen LogP contribution in [0.2, 0.25) is 0 Å². The van der Waals surface area contributed by atoms with E-state index in [4.69, 9.17) is 25.6 Å². The molecule has 0 saturated carbocycles. The average molecular weight is 571 g/mol. The number of fused-ring (bicyclic) bond motifs is 1. The number of aliphatic carboxylic acids is 1. The molecule has 0 spiro atoms. The smallest absolute Gasteiger partial charge is 0.300 e. The van der Waals surface area contributed by atoms with Gasteiger partial charge >= 0.3 is 0 Å². The van der Waals surface area contributed by atoms with Gasteiger partial charge in [0.2, 0.25) is 0 Å². The van der Waals surface area contributed by atoms with Crippen LogP contribution in [0.4, 0.5) is 5.82 Å². The number of rotatable bonds is 8. The van der Waals surface area contributed by atoms with Crippen molar-refractivity contribution < 1.29 is 9.90 Å². The van der Waals surface area contributed by atoms with Crippen molar-refractivity contribution in [3.63, 3.8) is 0 Å². The predicted molar refractivity (Wildman–Crippen MR) is 171 cm³/mol. The number of nitriles is 1. The summed E-state index contributed by atoms with van der Waals surface area (Å²) in [7, 11) is 0. The van der Waals surface area contributed by atoms with Crippen molar-refractivity contribution in [2.24, 2.45) is 15.8 Å². The summed E-state index contributed by atoms with van der Waals surface area (Å²) in [5, 5.41) is 21.9. The Bertz CT molecular complexity index is 1460. The molecule has 8 heteroatoms. The standard InChI is InChI=1S/C32H42N6.C2H4O2/c1-6-31(4,5)18-15-23(3)28-26(19-33)29(34)38-30(37-28)27(22-36-38)24-13-14-25(21-35-20-24)32(7-2)16-11-9-8-10-12-17-32;1-2(3)4/h8-9,12-14,17,20,22-23H,6-7,10-11,15-16,18,21,34H2,1-5H3;1H3,(H,3,4)/b9-8-,17-12-;. The van der Waals surface area contributed by atoms with Gasteiger partial charge in [-0.3, -0.25) is 9.79 Å². The number of hydrogen-bond acceptors (Lipinski definition) is 6. The average Bonchev–Trinajstić information content (AvgIpc) is 3.21. The molecule has 8 nitrogen and oxygen atoms in total. The highest BCUT2D eigenvalue weighted by molar-refractivity contribution is 6.12. The molecule has 3 N–H and O–H groups in total. The first-order chi connectivity index (χ1) is 20.0. The third kappa shape index (κ3) is 7.64. The summed E-state index contributed by atoms with van der Waals surface area (Å²) in [5.74, 6) is -0.376. The molecule has 0 amide bonds. The second kappa shape index (κ2) is 14.3. The molecule has 0 radical (unpaired) electrons. The number of carbonyl (C=O) groups is 1. The Hall–Kier alpha value is -3.99. The molecule has 0 bridgehead atoms. The van der Waals surface area contributed by atoms with Gasteiger partial charge in [0.15, 0.2) is 5.65 Å². The van der Waals surface area contributed by atoms with Crippen molar-refractivity contribution >= 4 is 29.2 Å². The molecule has 0 fully saturated rings. The first-order valence-electron chi connectivity index (χ1n) is 15.0. The summed E-state index contributed by atoms with van der Waals surface area (Å²) >= 11 is 0. The van der Waals surface area contributed by atoms with Gasteiger partial charge in [-0.25, -0.2) is 4.98 Å². The molecule has 224 valence electrons. The van der Waals surface area contributed by atoms with Crippen molar-refractivity contribution in [1.29, 1.82) is 5.26 Å². The Kier molecular flexibility index (Phi) is 11.0. The van der Waals surface area contributed by atoms with Gasteiger partial charge in [-0.15, -0.1) is 0 Å². The number of allylic oxidation sites excluding steroid dienone is 7. The van der Waals surface area contributed by atoms with Gasteiger partial charge in [-0.1, -0.05) is 77.5 Å². The van der Waals surface area contributed by atoms with E-state index in [1.165, 1.54) is 5.57 Å². The van der Waals surface area contributed by atoms with Gasteiger partial charge in [0, 0.05) is 29.7 Å². The number of anilines is 1. The van der Waals surface area contributed by atoms with Crippen LogP contribution in [-0.4, -0.2) is 38.4 Å². The predicted octanol–water partition coefficient (Wildman–Crippen LogP) is 7.68. The Balaban J connectivity index is 0.00000114. The van der Waals surface area contributed by atoms with Crippen LogP contribution in [-0.2, 0) is 4.79 Å². The molecule has 1 aliphatic heterocycles. The minimum absolute atomic E-state index is 0.0222. The zero-order valence-corrected chi connectivity index (χ0v) is 26.0. The van der Waals surface area contributed by atoms with Crippen LogP contribution in [0.25, 0.3) is 11.2 Å². The molecule has 4 rings (SSSR count). The topological polar surface area (TPSA) is 130 Å². The Morgan fingerprint density at radius 2 is 2.00 bits per heavy atom. The van der Waals surface area contributed by atoms with Crippen LogP contribution in [0.15, 0.2) is 53.2 Å². The van der Waals surface area contributed by atoms with Crippen LogP contribution in [0.1, 0.15) is 109 Å². The molecule has 3 heterocycles. The molecule has 0 aromatic carbocycles. The molecule has 2 atom stereocenters. The van der Waals surface area contributed by atoms with E-state index in [-0.39, 0.29) is 16.7 Å². The van der Waals surface area contributed by atoms with Gasteiger partial charge in [0.25, 0.3) is 5.97 Å². The lowest BCUT2D eigenvalue weighted by molar-refractivity contribution is -0.134. The highest BCUT2D eigenvalue weighted by Crippen LogP contribution is 2.40. The summed E-state index contributed by atoms with van der Waals surface area (Å²) in [6, 6.07) is 2.30. The highest BCUT2D eigenvalue weighted by Gasteiger charge is 2.30. The monoisotopic (exact) mass is 570 g/mol. The SMILES string of the molecule is CC(=O)O.CCC(C)(C)CCC(C)c1nc2c(C3=CC=C(C4(CC)/C=C\C/C=C\CC4)CN=C3)cnn2c(N)c1C#N. The number of aliphatic imine (C=N–C) groups is 1. The number of nitrogens with zero attached hydrogens (tertiary/aromatic N) is 5. The quantitative estimate of drug-likeness (QED) is 0.313. The zero-order chi connectivity index (χ0) is 30.9. The van der Waals surface area contributed by atoms with Gasteiger partial charge in [0.1, 0.15) is 17.5 Å². The van der Waals surface area contributed by atoms with E-state index in [9.17, 15) is 5.26 Å². The first kappa shape index (κ1) is 32.5. The van der Waals surface area contributed by atoms with E-state index < -0.39 is 5.97 Å². The van der Waals surface area contributed by atoms with Crippen molar-refractivity contribution in [3.05, 3.63) is 65.0 Å². The molecule has 1 aliphatic carbocycles. The lowest BCUT2D eigenvalue weighted by atomic mass is 9.72. The largest absolute Gasteiger partial charge is 0.481 e. The minimum atomic E-state index is -0.833. The Morgan fingerprint density at radius 3 is 2.67 bits per heavy atom. The van der Waals surface area contributed by atoms with Gasteiger partial charge in [0.05, 0.1) is 18.4 Å². The molecule has 2 aromatic rings. The fourth-order valence-corrected chi connectivity index (χ4v) is 5.44. The highest BCUT2D eigenvalue weighted by atomic mass is 16.4. The third-order valence-corrected chi connectivity index (χ3v) is 8.67. The molecule has 2 aliphatic rings. The molecular weight excluding hydrogens is 524 g/mol. The first-order valence-corrected chi connectivity index (χ1v) is 15.0. The van der Waals surface area contributed by atoms with Crippen molar-refractivity contribution in [1.82, 2.24) is 14.6 Å². The summed E-state index contributed by atoms with van der Waals surface area (Å²) in [6.07, 6.45) is 24.6. The zero-order valence-electron chi connectivity index (χ0n) is 26.0. The molecule has 0 saturated heterocycles. The second-order valence-corrected chi connectivity index (χ2v) is 12.1. The van der Waals surface area contributed by atoms with Crippen molar-refractivity contribution in [2.75, 3.05) is 12.3 Å². The third-order valence-electron chi connectivity index (χ3n) is 8.67. The van der Waals surface area contributed by atoms with Crippen LogP contribution in [0.5, 0.6) is 0 Å². The van der Waals surface area contributed by atoms with E-state index in [0.717, 1.165) is 68.7 Å². The van der Waals surface area contributed by atoms with E-state index in [2.05, 4.69) is 82.2 Å². The number of carboxylic acids is 1. The van der Waals surface area contributed by atoms with E-state index >= 15 is 0 Å². The minimum Gasteiger partial charge on any atom is -0.481 e. The molecule has 2 aromatic heterocycles. The summed E-state index contributed by atoms with van der Waals surface area (Å²) in [6.45, 7) is 13.0. The lowest BCUT2D eigenvalue weighted by Crippen LogP contribution is -2.22. The number of nitrogen functional groups attached to an aromatic ring is 1. The van der Waals surface area contributed by atoms with Crippen LogP contribution in [0.3, 0.4) is 0 Å². The van der Waals surface area contributed by atoms with Crippen LogP contribution >= 0.6 is 0 Å². The van der Waals surface area contributed by atoms with Crippen LogP contribution in [0, 0.1) is 22.2 Å². The summed E-state index contributed by atoms with van der Waals surface area (Å²) in [4.78, 5) is 18.9. The number of aromatic nitrogens is 3. The number of hydrogen-bond donors (Lipinski definition) is 2. The van der Waals surface area contributed by atoms with Gasteiger partial charge < -0.3 is 10.8 Å². The Morgan fingerprint density at radius 1 is 1.26 bits per heavy atom. The summed E-state index contributed by atoms with van der Waals surface area (Å²) in [5.41, 5.74) is 11.8. The fourth-order valence-electron chi connectivity index (χ4n) is 5.44. The van der Waals surface area contributed by atoms with Crippen molar-refractivity contribution in [2.45, 2.75) is 92.4 Å². The maximum atomic E-state index is 9.95. The van der Waals surface area contributed by atoms with Crippen LogP contribution < -0.4 is 5.73 Å². The fraction of sp³-hybridized carbons (Fsp3) is 0.500. The Labute approximate surface area is 250 Å². The second-order valence-electron chi connectivity index (χ2n) is 12.1. The van der Waals surface area contributed by atoms with Crippen molar-refractivity contribution in [3.8, 4) is 6.07 Å².